The van der Waals surface area contributed by atoms with Gasteiger partial charge in [0.1, 0.15) is 6.04 Å². The van der Waals surface area contributed by atoms with E-state index in [-0.39, 0.29) is 18.4 Å². The number of hydrogen-bond acceptors (Lipinski definition) is 3. The van der Waals surface area contributed by atoms with E-state index in [9.17, 15) is 9.59 Å². The Labute approximate surface area is 96.6 Å². The Bertz CT molecular complexity index is 231. The predicted octanol–water partition coefficient (Wildman–Crippen LogP) is 0.601. The van der Waals surface area contributed by atoms with Gasteiger partial charge in [0, 0.05) is 0 Å². The molecule has 16 heavy (non-hydrogen) atoms. The van der Waals surface area contributed by atoms with Crippen molar-refractivity contribution in [2.24, 2.45) is 5.92 Å². The summed E-state index contributed by atoms with van der Waals surface area (Å²) >= 11 is 0. The summed E-state index contributed by atoms with van der Waals surface area (Å²) in [6, 6.07) is -0.791. The minimum absolute atomic E-state index is 0.0624. The molecule has 0 bridgehead atoms. The largest absolute Gasteiger partial charge is 0.480 e. The van der Waals surface area contributed by atoms with Crippen molar-refractivity contribution in [2.75, 3.05) is 13.1 Å². The van der Waals surface area contributed by atoms with Crippen LogP contribution in [-0.2, 0) is 9.59 Å². The summed E-state index contributed by atoms with van der Waals surface area (Å²) in [4.78, 5) is 22.3. The third kappa shape index (κ3) is 5.70. The highest BCUT2D eigenvalue weighted by molar-refractivity contribution is 5.84. The molecule has 0 aliphatic heterocycles. The summed E-state index contributed by atoms with van der Waals surface area (Å²) in [7, 11) is 0. The maximum atomic E-state index is 11.4. The van der Waals surface area contributed by atoms with Crippen LogP contribution >= 0.6 is 0 Å². The van der Waals surface area contributed by atoms with Crippen molar-refractivity contribution < 1.29 is 14.7 Å². The first-order chi connectivity index (χ1) is 7.52. The van der Waals surface area contributed by atoms with Gasteiger partial charge < -0.3 is 15.7 Å². The summed E-state index contributed by atoms with van der Waals surface area (Å²) in [5.74, 6) is -1.30. The number of carboxylic acid groups (broad SMARTS) is 1. The molecule has 2 atom stereocenters. The van der Waals surface area contributed by atoms with Gasteiger partial charge in [0.25, 0.3) is 0 Å². The summed E-state index contributed by atoms with van der Waals surface area (Å²) in [6.07, 6.45) is 1.67. The van der Waals surface area contributed by atoms with E-state index in [2.05, 4.69) is 10.6 Å². The Morgan fingerprint density at radius 1 is 1.31 bits per heavy atom. The van der Waals surface area contributed by atoms with Gasteiger partial charge in [-0.15, -0.1) is 0 Å². The van der Waals surface area contributed by atoms with Crippen molar-refractivity contribution in [3.8, 4) is 0 Å². The molecule has 94 valence electrons. The van der Waals surface area contributed by atoms with Crippen molar-refractivity contribution in [3.05, 3.63) is 0 Å². The SMILES string of the molecule is CCCNCC(=O)N[C@H](C(=O)O)[C@@H](C)CC. The molecule has 5 nitrogen and oxygen atoms in total. The van der Waals surface area contributed by atoms with Crippen LogP contribution in [0.3, 0.4) is 0 Å². The van der Waals surface area contributed by atoms with E-state index in [4.69, 9.17) is 5.11 Å². The lowest BCUT2D eigenvalue weighted by Crippen LogP contribution is -2.47. The van der Waals surface area contributed by atoms with Crippen LogP contribution in [0.4, 0.5) is 0 Å². The van der Waals surface area contributed by atoms with Crippen molar-refractivity contribution in [1.82, 2.24) is 10.6 Å². The molecule has 5 heteroatoms. The number of carbonyl (C=O) groups is 2. The Kier molecular flexibility index (Phi) is 7.54. The maximum Gasteiger partial charge on any atom is 0.326 e. The molecule has 3 N–H and O–H groups in total. The summed E-state index contributed by atoms with van der Waals surface area (Å²) in [5.41, 5.74) is 0. The van der Waals surface area contributed by atoms with Gasteiger partial charge in [0.2, 0.25) is 5.91 Å². The molecule has 0 aromatic rings. The quantitative estimate of drug-likeness (QED) is 0.534. The lowest BCUT2D eigenvalue weighted by Gasteiger charge is -2.20. The van der Waals surface area contributed by atoms with Crippen LogP contribution in [-0.4, -0.2) is 36.1 Å². The highest BCUT2D eigenvalue weighted by Gasteiger charge is 2.24. The molecule has 0 aliphatic carbocycles. The minimum Gasteiger partial charge on any atom is -0.480 e. The van der Waals surface area contributed by atoms with E-state index in [0.717, 1.165) is 19.4 Å². The molecule has 0 saturated heterocycles. The third-order valence-corrected chi connectivity index (χ3v) is 2.51. The van der Waals surface area contributed by atoms with E-state index in [1.54, 1.807) is 0 Å². The van der Waals surface area contributed by atoms with Crippen molar-refractivity contribution in [1.29, 1.82) is 0 Å². The number of nitrogens with one attached hydrogen (secondary N) is 2. The molecule has 0 aromatic heterocycles. The van der Waals surface area contributed by atoms with Gasteiger partial charge in [-0.1, -0.05) is 27.2 Å². The van der Waals surface area contributed by atoms with Gasteiger partial charge in [0.15, 0.2) is 0 Å². The van der Waals surface area contributed by atoms with Gasteiger partial charge in [-0.05, 0) is 18.9 Å². The topological polar surface area (TPSA) is 78.4 Å². The highest BCUT2D eigenvalue weighted by atomic mass is 16.4. The van der Waals surface area contributed by atoms with Crippen LogP contribution < -0.4 is 10.6 Å². The zero-order valence-electron chi connectivity index (χ0n) is 10.2. The number of hydrogen-bond donors (Lipinski definition) is 3. The minimum atomic E-state index is -0.974. The number of carboxylic acids is 1. The Morgan fingerprint density at radius 2 is 1.94 bits per heavy atom. The smallest absolute Gasteiger partial charge is 0.326 e. The Morgan fingerprint density at radius 3 is 2.38 bits per heavy atom. The number of carbonyl (C=O) groups excluding carboxylic acids is 1. The predicted molar refractivity (Wildman–Crippen MR) is 62.2 cm³/mol. The molecule has 0 unspecified atom stereocenters. The molecule has 0 fully saturated rings. The fraction of sp³-hybridized carbons (Fsp3) is 0.818. The van der Waals surface area contributed by atoms with E-state index in [1.807, 2.05) is 20.8 Å². The van der Waals surface area contributed by atoms with Gasteiger partial charge in [0.05, 0.1) is 6.54 Å². The van der Waals surface area contributed by atoms with Crippen LogP contribution in [0.5, 0.6) is 0 Å². The van der Waals surface area contributed by atoms with Crippen molar-refractivity contribution in [3.63, 3.8) is 0 Å². The number of aliphatic carboxylic acids is 1. The van der Waals surface area contributed by atoms with Crippen LogP contribution in [0.2, 0.25) is 0 Å². The summed E-state index contributed by atoms with van der Waals surface area (Å²) < 4.78 is 0. The second-order valence-corrected chi connectivity index (χ2v) is 3.95. The number of rotatable bonds is 8. The number of amides is 1. The molecule has 0 radical (unpaired) electrons. The van der Waals surface area contributed by atoms with Crippen LogP contribution in [0.15, 0.2) is 0 Å². The average molecular weight is 230 g/mol. The lowest BCUT2D eigenvalue weighted by molar-refractivity contribution is -0.143. The van der Waals surface area contributed by atoms with Crippen LogP contribution in [0, 0.1) is 5.92 Å². The Hall–Kier alpha value is -1.10. The highest BCUT2D eigenvalue weighted by Crippen LogP contribution is 2.07. The molecule has 0 spiro atoms. The van der Waals surface area contributed by atoms with E-state index in [1.165, 1.54) is 0 Å². The first-order valence-electron chi connectivity index (χ1n) is 5.75. The fourth-order valence-corrected chi connectivity index (χ4v) is 1.29. The standard InChI is InChI=1S/C11H22N2O3/c1-4-6-12-7-9(14)13-10(11(15)16)8(3)5-2/h8,10,12H,4-7H2,1-3H3,(H,13,14)(H,15,16)/t8-,10-/m0/s1. The molecule has 1 amide bonds. The van der Waals surface area contributed by atoms with Gasteiger partial charge in [-0.3, -0.25) is 4.79 Å². The molecule has 0 rings (SSSR count). The zero-order valence-corrected chi connectivity index (χ0v) is 10.2. The molecule has 0 heterocycles. The Balaban J connectivity index is 4.09. The van der Waals surface area contributed by atoms with E-state index in [0.29, 0.717) is 0 Å². The first kappa shape index (κ1) is 14.9. The van der Waals surface area contributed by atoms with E-state index < -0.39 is 12.0 Å². The normalized spacial score (nSPS) is 14.2. The van der Waals surface area contributed by atoms with Gasteiger partial charge in [-0.25, -0.2) is 4.79 Å². The molecule has 0 aliphatic rings. The second-order valence-electron chi connectivity index (χ2n) is 3.95. The molecule has 0 saturated carbocycles. The third-order valence-electron chi connectivity index (χ3n) is 2.51. The zero-order chi connectivity index (χ0) is 12.6. The fourth-order valence-electron chi connectivity index (χ4n) is 1.29. The summed E-state index contributed by atoms with van der Waals surface area (Å²) in [5, 5.41) is 14.4. The van der Waals surface area contributed by atoms with Crippen molar-refractivity contribution >= 4 is 11.9 Å². The monoisotopic (exact) mass is 230 g/mol. The molecular formula is C11H22N2O3. The van der Waals surface area contributed by atoms with Crippen molar-refractivity contribution in [2.45, 2.75) is 39.7 Å². The van der Waals surface area contributed by atoms with Gasteiger partial charge in [-0.2, -0.15) is 0 Å². The van der Waals surface area contributed by atoms with Crippen LogP contribution in [0.25, 0.3) is 0 Å². The average Bonchev–Trinajstić information content (AvgIpc) is 2.25. The molecule has 0 aromatic carbocycles. The molecular weight excluding hydrogens is 208 g/mol. The maximum absolute atomic E-state index is 11.4. The van der Waals surface area contributed by atoms with Crippen LogP contribution in [0.1, 0.15) is 33.6 Å². The van der Waals surface area contributed by atoms with E-state index >= 15 is 0 Å². The first-order valence-corrected chi connectivity index (χ1v) is 5.75. The summed E-state index contributed by atoms with van der Waals surface area (Å²) in [6.45, 7) is 6.66. The second kappa shape index (κ2) is 8.10. The van der Waals surface area contributed by atoms with Gasteiger partial charge >= 0.3 is 5.97 Å². The lowest BCUT2D eigenvalue weighted by atomic mass is 9.99.